The van der Waals surface area contributed by atoms with E-state index in [1.165, 1.54) is 23.8 Å². The molecular weight excluding hydrogens is 364 g/mol. The van der Waals surface area contributed by atoms with Crippen molar-refractivity contribution in [3.8, 4) is 11.4 Å². The Morgan fingerprint density at radius 1 is 1.19 bits per heavy atom. The topological polar surface area (TPSA) is 98.0 Å². The molecule has 3 rings (SSSR count). The Kier molecular flexibility index (Phi) is 5.75. The van der Waals surface area contributed by atoms with Crippen LogP contribution in [0.25, 0.3) is 11.4 Å². The molecule has 0 radical (unpaired) electrons. The minimum absolute atomic E-state index is 0.133. The maximum atomic E-state index is 12.0. The predicted molar refractivity (Wildman–Crippen MR) is 103 cm³/mol. The molecule has 8 heteroatoms. The number of aryl methyl sites for hydroxylation is 1. The molecule has 0 spiro atoms. The van der Waals surface area contributed by atoms with E-state index in [1.54, 1.807) is 5.38 Å². The largest absolute Gasteiger partial charge is 0.339 e. The summed E-state index contributed by atoms with van der Waals surface area (Å²) in [5, 5.41) is 8.67. The standard InChI is InChI=1S/C19H20N4O3S/c1-11(2)13-4-6-14(7-5-13)18-22-17(26-23-18)9-8-16(25)21-19-20-15(10-27-19)12(3)24/h4-7,10-11H,8-9H2,1-3H3,(H,20,21,25). The fourth-order valence-corrected chi connectivity index (χ4v) is 3.15. The minimum atomic E-state index is -0.222. The van der Waals surface area contributed by atoms with Gasteiger partial charge in [-0.3, -0.25) is 9.59 Å². The number of amides is 1. The molecule has 0 unspecified atom stereocenters. The van der Waals surface area contributed by atoms with Gasteiger partial charge >= 0.3 is 0 Å². The van der Waals surface area contributed by atoms with Crippen molar-refractivity contribution in [2.75, 3.05) is 5.32 Å². The van der Waals surface area contributed by atoms with Crippen molar-refractivity contribution >= 4 is 28.2 Å². The molecule has 7 nitrogen and oxygen atoms in total. The number of hydrogen-bond donors (Lipinski definition) is 1. The number of nitrogens with one attached hydrogen (secondary N) is 1. The number of ketones is 1. The van der Waals surface area contributed by atoms with Gasteiger partial charge in [0, 0.05) is 30.7 Å². The van der Waals surface area contributed by atoms with Crippen LogP contribution in [0.2, 0.25) is 0 Å². The Morgan fingerprint density at radius 2 is 1.93 bits per heavy atom. The molecule has 2 aromatic heterocycles. The van der Waals surface area contributed by atoms with E-state index < -0.39 is 0 Å². The van der Waals surface area contributed by atoms with E-state index in [1.807, 2.05) is 24.3 Å². The van der Waals surface area contributed by atoms with Crippen molar-refractivity contribution in [1.82, 2.24) is 15.1 Å². The van der Waals surface area contributed by atoms with Crippen LogP contribution in [0.3, 0.4) is 0 Å². The summed E-state index contributed by atoms with van der Waals surface area (Å²) in [6.45, 7) is 5.71. The summed E-state index contributed by atoms with van der Waals surface area (Å²) in [5.41, 5.74) is 2.47. The van der Waals surface area contributed by atoms with Crippen molar-refractivity contribution in [3.63, 3.8) is 0 Å². The van der Waals surface area contributed by atoms with E-state index in [2.05, 4.69) is 34.3 Å². The Bertz CT molecular complexity index is 944. The summed E-state index contributed by atoms with van der Waals surface area (Å²) in [6.07, 6.45) is 0.511. The smallest absolute Gasteiger partial charge is 0.227 e. The molecule has 140 valence electrons. The van der Waals surface area contributed by atoms with Gasteiger partial charge in [0.15, 0.2) is 10.9 Å². The molecule has 1 aromatic carbocycles. The van der Waals surface area contributed by atoms with E-state index in [9.17, 15) is 9.59 Å². The van der Waals surface area contributed by atoms with Gasteiger partial charge in [-0.25, -0.2) is 4.98 Å². The van der Waals surface area contributed by atoms with Gasteiger partial charge in [-0.1, -0.05) is 43.3 Å². The zero-order chi connectivity index (χ0) is 19.4. The highest BCUT2D eigenvalue weighted by Crippen LogP contribution is 2.21. The summed E-state index contributed by atoms with van der Waals surface area (Å²) in [6, 6.07) is 8.02. The number of nitrogens with zero attached hydrogens (tertiary/aromatic N) is 3. The van der Waals surface area contributed by atoms with Crippen LogP contribution in [0.1, 0.15) is 55.1 Å². The molecule has 0 aliphatic carbocycles. The van der Waals surface area contributed by atoms with Gasteiger partial charge in [0.05, 0.1) is 0 Å². The van der Waals surface area contributed by atoms with Gasteiger partial charge in [0.2, 0.25) is 17.6 Å². The van der Waals surface area contributed by atoms with Crippen molar-refractivity contribution in [1.29, 1.82) is 0 Å². The van der Waals surface area contributed by atoms with Crippen LogP contribution in [0.15, 0.2) is 34.2 Å². The van der Waals surface area contributed by atoms with Gasteiger partial charge in [-0.2, -0.15) is 4.98 Å². The Balaban J connectivity index is 1.55. The summed E-state index contributed by atoms with van der Waals surface area (Å²) < 4.78 is 5.23. The highest BCUT2D eigenvalue weighted by atomic mass is 32.1. The molecule has 0 fully saturated rings. The lowest BCUT2D eigenvalue weighted by molar-refractivity contribution is -0.116. The fourth-order valence-electron chi connectivity index (χ4n) is 2.39. The summed E-state index contributed by atoms with van der Waals surface area (Å²) >= 11 is 1.22. The lowest BCUT2D eigenvalue weighted by Gasteiger charge is -2.04. The molecule has 1 amide bonds. The molecule has 0 saturated heterocycles. The first kappa shape index (κ1) is 18.9. The lowest BCUT2D eigenvalue weighted by atomic mass is 10.0. The van der Waals surface area contributed by atoms with Crippen LogP contribution < -0.4 is 5.32 Å². The summed E-state index contributed by atoms with van der Waals surface area (Å²) in [4.78, 5) is 31.7. The molecule has 3 aromatic rings. The third-order valence-corrected chi connectivity index (χ3v) is 4.74. The monoisotopic (exact) mass is 384 g/mol. The van der Waals surface area contributed by atoms with Gasteiger partial charge in [0.1, 0.15) is 5.69 Å². The molecule has 1 N–H and O–H groups in total. The number of aromatic nitrogens is 3. The van der Waals surface area contributed by atoms with E-state index >= 15 is 0 Å². The lowest BCUT2D eigenvalue weighted by Crippen LogP contribution is -2.12. The van der Waals surface area contributed by atoms with Gasteiger partial charge < -0.3 is 9.84 Å². The number of carbonyl (C=O) groups excluding carboxylic acids is 2. The van der Waals surface area contributed by atoms with E-state index in [0.717, 1.165) is 5.56 Å². The Hall–Kier alpha value is -2.87. The van der Waals surface area contributed by atoms with Crippen LogP contribution in [0.5, 0.6) is 0 Å². The predicted octanol–water partition coefficient (Wildman–Crippen LogP) is 4.09. The molecule has 27 heavy (non-hydrogen) atoms. The molecule has 2 heterocycles. The summed E-state index contributed by atoms with van der Waals surface area (Å²) in [5.74, 6) is 1.01. The first-order valence-corrected chi connectivity index (χ1v) is 9.49. The zero-order valence-corrected chi connectivity index (χ0v) is 16.2. The van der Waals surface area contributed by atoms with Crippen LogP contribution in [0.4, 0.5) is 5.13 Å². The van der Waals surface area contributed by atoms with Crippen LogP contribution in [-0.4, -0.2) is 26.8 Å². The van der Waals surface area contributed by atoms with E-state index in [-0.39, 0.29) is 18.1 Å². The normalized spacial score (nSPS) is 11.0. The summed E-state index contributed by atoms with van der Waals surface area (Å²) in [7, 11) is 0. The van der Waals surface area contributed by atoms with Crippen LogP contribution >= 0.6 is 11.3 Å². The second-order valence-electron chi connectivity index (χ2n) is 6.43. The molecule has 0 atom stereocenters. The number of Topliss-reactive ketones (excluding diaryl/α,β-unsaturated/α-hetero) is 1. The highest BCUT2D eigenvalue weighted by molar-refractivity contribution is 7.14. The van der Waals surface area contributed by atoms with Crippen molar-refractivity contribution in [2.45, 2.75) is 39.5 Å². The first-order chi connectivity index (χ1) is 12.9. The van der Waals surface area contributed by atoms with Crippen molar-refractivity contribution in [2.24, 2.45) is 0 Å². The maximum absolute atomic E-state index is 12.0. The van der Waals surface area contributed by atoms with Gasteiger partial charge in [-0.15, -0.1) is 11.3 Å². The second kappa shape index (κ2) is 8.22. The molecular formula is C19H20N4O3S. The highest BCUT2D eigenvalue weighted by Gasteiger charge is 2.13. The van der Waals surface area contributed by atoms with Crippen molar-refractivity contribution < 1.29 is 14.1 Å². The molecule has 0 bridgehead atoms. The van der Waals surface area contributed by atoms with E-state index in [4.69, 9.17) is 4.52 Å². The van der Waals surface area contributed by atoms with Crippen molar-refractivity contribution in [3.05, 3.63) is 46.8 Å². The zero-order valence-electron chi connectivity index (χ0n) is 15.4. The number of hydrogen-bond acceptors (Lipinski definition) is 7. The average molecular weight is 384 g/mol. The van der Waals surface area contributed by atoms with Gasteiger partial charge in [-0.05, 0) is 11.5 Å². The van der Waals surface area contributed by atoms with Gasteiger partial charge in [0.25, 0.3) is 0 Å². The average Bonchev–Trinajstić information content (AvgIpc) is 3.29. The first-order valence-electron chi connectivity index (χ1n) is 8.61. The SMILES string of the molecule is CC(=O)c1csc(NC(=O)CCc2nc(-c3ccc(C(C)C)cc3)no2)n1. The van der Waals surface area contributed by atoms with Crippen LogP contribution in [0, 0.1) is 0 Å². The molecule has 0 aliphatic heterocycles. The third-order valence-electron chi connectivity index (χ3n) is 3.98. The van der Waals surface area contributed by atoms with Crippen LogP contribution in [-0.2, 0) is 11.2 Å². The third kappa shape index (κ3) is 4.85. The quantitative estimate of drug-likeness (QED) is 0.616. The minimum Gasteiger partial charge on any atom is -0.339 e. The number of carbonyl (C=O) groups is 2. The Morgan fingerprint density at radius 3 is 2.56 bits per heavy atom. The Labute approximate surface area is 160 Å². The molecule has 0 aliphatic rings. The number of anilines is 1. The number of thiazole rings is 1. The molecule has 0 saturated carbocycles. The fraction of sp³-hybridized carbons (Fsp3) is 0.316. The second-order valence-corrected chi connectivity index (χ2v) is 7.29. The number of benzene rings is 1. The maximum Gasteiger partial charge on any atom is 0.227 e. The number of rotatable bonds is 7. The van der Waals surface area contributed by atoms with E-state index in [0.29, 0.717) is 34.9 Å².